The van der Waals surface area contributed by atoms with Crippen molar-refractivity contribution in [2.75, 3.05) is 14.2 Å². The van der Waals surface area contributed by atoms with Crippen molar-refractivity contribution < 1.29 is 9.47 Å². The van der Waals surface area contributed by atoms with Crippen LogP contribution in [0.15, 0.2) is 77.6 Å². The molecule has 4 heteroatoms. The number of rotatable bonds is 4. The fraction of sp³-hybridized carbons (Fsp3) is 0.125. The summed E-state index contributed by atoms with van der Waals surface area (Å²) in [7, 11) is 5.24. The van der Waals surface area contributed by atoms with Gasteiger partial charge in [-0.25, -0.2) is 0 Å². The molecular formula is C24H21NO3. The number of aryl methyl sites for hydroxylation is 1. The van der Waals surface area contributed by atoms with E-state index < -0.39 is 0 Å². The molecular weight excluding hydrogens is 350 g/mol. The summed E-state index contributed by atoms with van der Waals surface area (Å²) in [6.45, 7) is 0. The van der Waals surface area contributed by atoms with Crippen LogP contribution in [0.2, 0.25) is 0 Å². The van der Waals surface area contributed by atoms with Gasteiger partial charge in [0.05, 0.1) is 30.8 Å². The summed E-state index contributed by atoms with van der Waals surface area (Å²) in [5, 5.41) is 0.682. The molecule has 0 bridgehead atoms. The number of pyridine rings is 1. The van der Waals surface area contributed by atoms with Gasteiger partial charge in [-0.3, -0.25) is 4.79 Å². The van der Waals surface area contributed by atoms with Crippen LogP contribution in [0, 0.1) is 0 Å². The lowest BCUT2D eigenvalue weighted by molar-refractivity contribution is 0.415. The minimum atomic E-state index is -0.0209. The molecule has 28 heavy (non-hydrogen) atoms. The van der Waals surface area contributed by atoms with Crippen molar-refractivity contribution in [1.29, 1.82) is 0 Å². The van der Waals surface area contributed by atoms with Crippen molar-refractivity contribution in [1.82, 2.24) is 4.57 Å². The molecule has 140 valence electrons. The summed E-state index contributed by atoms with van der Waals surface area (Å²) in [5.74, 6) is 1.46. The fourth-order valence-corrected chi connectivity index (χ4v) is 3.57. The van der Waals surface area contributed by atoms with Gasteiger partial charge in [0.15, 0.2) is 5.43 Å². The molecule has 0 fully saturated rings. The predicted molar refractivity (Wildman–Crippen MR) is 113 cm³/mol. The third kappa shape index (κ3) is 3.03. The summed E-state index contributed by atoms with van der Waals surface area (Å²) in [6.07, 6.45) is 0. The minimum Gasteiger partial charge on any atom is -0.497 e. The van der Waals surface area contributed by atoms with Gasteiger partial charge < -0.3 is 14.0 Å². The number of benzene rings is 3. The molecule has 0 saturated carbocycles. The Balaban J connectivity index is 2.06. The Labute approximate surface area is 163 Å². The Kier molecular flexibility index (Phi) is 4.62. The van der Waals surface area contributed by atoms with E-state index in [1.165, 1.54) is 0 Å². The van der Waals surface area contributed by atoms with Crippen LogP contribution in [-0.4, -0.2) is 18.8 Å². The summed E-state index contributed by atoms with van der Waals surface area (Å²) in [4.78, 5) is 13.2. The molecule has 0 aliphatic carbocycles. The predicted octanol–water partition coefficient (Wildman–Crippen LogP) is 4.89. The molecule has 0 radical (unpaired) electrons. The van der Waals surface area contributed by atoms with Gasteiger partial charge in [0.1, 0.15) is 11.5 Å². The Morgan fingerprint density at radius 3 is 2.18 bits per heavy atom. The van der Waals surface area contributed by atoms with Gasteiger partial charge in [-0.15, -0.1) is 0 Å². The van der Waals surface area contributed by atoms with Crippen LogP contribution in [0.25, 0.3) is 33.3 Å². The van der Waals surface area contributed by atoms with Crippen LogP contribution in [0.4, 0.5) is 0 Å². The number of hydrogen-bond acceptors (Lipinski definition) is 3. The summed E-state index contributed by atoms with van der Waals surface area (Å²) < 4.78 is 12.9. The quantitative estimate of drug-likeness (QED) is 0.513. The molecule has 1 heterocycles. The van der Waals surface area contributed by atoms with Crippen molar-refractivity contribution in [2.24, 2.45) is 7.05 Å². The molecule has 0 spiro atoms. The number of methoxy groups -OCH3 is 2. The van der Waals surface area contributed by atoms with E-state index in [2.05, 4.69) is 0 Å². The summed E-state index contributed by atoms with van der Waals surface area (Å²) in [6, 6.07) is 23.1. The van der Waals surface area contributed by atoms with Crippen LogP contribution in [0.3, 0.4) is 0 Å². The second-order valence-corrected chi connectivity index (χ2v) is 6.62. The first kappa shape index (κ1) is 17.9. The summed E-state index contributed by atoms with van der Waals surface area (Å²) >= 11 is 0. The highest BCUT2D eigenvalue weighted by Gasteiger charge is 2.15. The van der Waals surface area contributed by atoms with E-state index in [1.807, 2.05) is 78.3 Å². The molecule has 4 aromatic rings. The number of aromatic nitrogens is 1. The monoisotopic (exact) mass is 371 g/mol. The topological polar surface area (TPSA) is 40.5 Å². The van der Waals surface area contributed by atoms with Gasteiger partial charge in [-0.05, 0) is 29.3 Å². The van der Waals surface area contributed by atoms with Crippen LogP contribution < -0.4 is 14.9 Å². The maximum Gasteiger partial charge on any atom is 0.190 e. The largest absolute Gasteiger partial charge is 0.497 e. The van der Waals surface area contributed by atoms with Gasteiger partial charge in [0, 0.05) is 24.7 Å². The van der Waals surface area contributed by atoms with Crippen molar-refractivity contribution >= 4 is 10.9 Å². The normalized spacial score (nSPS) is 10.8. The van der Waals surface area contributed by atoms with Gasteiger partial charge >= 0.3 is 0 Å². The van der Waals surface area contributed by atoms with Gasteiger partial charge in [0.2, 0.25) is 0 Å². The first-order valence-electron chi connectivity index (χ1n) is 9.04. The summed E-state index contributed by atoms with van der Waals surface area (Å²) in [5.41, 5.74) is 4.40. The lowest BCUT2D eigenvalue weighted by atomic mass is 9.98. The van der Waals surface area contributed by atoms with Crippen LogP contribution >= 0.6 is 0 Å². The first-order chi connectivity index (χ1) is 13.6. The highest BCUT2D eigenvalue weighted by molar-refractivity contribution is 5.97. The van der Waals surface area contributed by atoms with E-state index >= 15 is 0 Å². The Hall–Kier alpha value is -3.53. The average Bonchev–Trinajstić information content (AvgIpc) is 2.76. The Morgan fingerprint density at radius 1 is 0.750 bits per heavy atom. The van der Waals surface area contributed by atoms with E-state index in [9.17, 15) is 4.79 Å². The number of nitrogens with zero attached hydrogens (tertiary/aromatic N) is 1. The minimum absolute atomic E-state index is 0.0209. The van der Waals surface area contributed by atoms with E-state index in [4.69, 9.17) is 9.47 Å². The second kappa shape index (κ2) is 7.24. The molecule has 0 aliphatic rings. The van der Waals surface area contributed by atoms with Gasteiger partial charge in [0.25, 0.3) is 0 Å². The molecule has 3 aromatic carbocycles. The number of fused-ring (bicyclic) bond motifs is 1. The van der Waals surface area contributed by atoms with Crippen molar-refractivity contribution in [3.8, 4) is 33.9 Å². The first-order valence-corrected chi connectivity index (χ1v) is 9.04. The zero-order chi connectivity index (χ0) is 19.7. The third-order valence-electron chi connectivity index (χ3n) is 5.01. The van der Waals surface area contributed by atoms with Crippen LogP contribution in [0.1, 0.15) is 0 Å². The maximum absolute atomic E-state index is 13.2. The van der Waals surface area contributed by atoms with Crippen LogP contribution in [-0.2, 0) is 7.05 Å². The smallest absolute Gasteiger partial charge is 0.190 e. The molecule has 0 aliphatic heterocycles. The Morgan fingerprint density at radius 2 is 1.46 bits per heavy atom. The van der Waals surface area contributed by atoms with Gasteiger partial charge in [-0.2, -0.15) is 0 Å². The van der Waals surface area contributed by atoms with Gasteiger partial charge in [-0.1, -0.05) is 42.5 Å². The van der Waals surface area contributed by atoms with Crippen molar-refractivity contribution in [2.45, 2.75) is 0 Å². The highest BCUT2D eigenvalue weighted by atomic mass is 16.5. The molecule has 0 saturated heterocycles. The van der Waals surface area contributed by atoms with E-state index in [1.54, 1.807) is 20.3 Å². The SMILES string of the molecule is COc1cccc(-c2cc(=O)c3c(-c4ccccc4)cc(OC)cc3n2C)c1. The fourth-order valence-electron chi connectivity index (χ4n) is 3.57. The van der Waals surface area contributed by atoms with E-state index in [0.717, 1.165) is 33.7 Å². The lowest BCUT2D eigenvalue weighted by Crippen LogP contribution is -2.10. The molecule has 1 aromatic heterocycles. The molecule has 4 nitrogen and oxygen atoms in total. The standard InChI is InChI=1S/C24H21NO3/c1-25-21(17-10-7-11-18(12-17)27-2)15-23(26)24-20(16-8-5-4-6-9-16)13-19(28-3)14-22(24)25/h4-15H,1-3H3. The second-order valence-electron chi connectivity index (χ2n) is 6.62. The van der Waals surface area contributed by atoms with Crippen molar-refractivity contribution in [3.05, 3.63) is 83.0 Å². The van der Waals surface area contributed by atoms with Crippen molar-refractivity contribution in [3.63, 3.8) is 0 Å². The molecule has 0 N–H and O–H groups in total. The van der Waals surface area contributed by atoms with E-state index in [-0.39, 0.29) is 5.43 Å². The lowest BCUT2D eigenvalue weighted by Gasteiger charge is -2.17. The van der Waals surface area contributed by atoms with Crippen LogP contribution in [0.5, 0.6) is 11.5 Å². The number of ether oxygens (including phenoxy) is 2. The third-order valence-corrected chi connectivity index (χ3v) is 5.01. The molecule has 0 atom stereocenters. The maximum atomic E-state index is 13.2. The molecule has 4 rings (SSSR count). The zero-order valence-electron chi connectivity index (χ0n) is 16.1. The zero-order valence-corrected chi connectivity index (χ0v) is 16.1. The molecule has 0 amide bonds. The average molecular weight is 371 g/mol. The highest BCUT2D eigenvalue weighted by Crippen LogP contribution is 2.33. The molecule has 0 unspecified atom stereocenters. The van der Waals surface area contributed by atoms with E-state index in [0.29, 0.717) is 11.1 Å². The number of hydrogen-bond donors (Lipinski definition) is 0. The Bertz CT molecular complexity index is 1210.